The lowest BCUT2D eigenvalue weighted by Crippen LogP contribution is -2.24. The molecule has 0 aliphatic rings. The summed E-state index contributed by atoms with van der Waals surface area (Å²) < 4.78 is 0. The number of aryl methyl sites for hydroxylation is 1. The van der Waals surface area contributed by atoms with Gasteiger partial charge in [-0.05, 0) is 30.0 Å². The minimum Gasteiger partial charge on any atom is -0.346 e. The number of aromatic nitrogens is 2. The normalized spacial score (nSPS) is 10.4. The van der Waals surface area contributed by atoms with Crippen molar-refractivity contribution in [3.05, 3.63) is 70.3 Å². The Balaban J connectivity index is 1.78. The summed E-state index contributed by atoms with van der Waals surface area (Å²) in [6, 6.07) is 9.53. The van der Waals surface area contributed by atoms with Crippen molar-refractivity contribution < 1.29 is 4.79 Å². The van der Waals surface area contributed by atoms with Gasteiger partial charge in [-0.3, -0.25) is 14.8 Å². The van der Waals surface area contributed by atoms with Crippen molar-refractivity contribution in [1.29, 1.82) is 0 Å². The van der Waals surface area contributed by atoms with Gasteiger partial charge in [0, 0.05) is 28.9 Å². The molecule has 0 aliphatic heterocycles. The predicted molar refractivity (Wildman–Crippen MR) is 87.7 cm³/mol. The highest BCUT2D eigenvalue weighted by Crippen LogP contribution is 2.22. The van der Waals surface area contributed by atoms with E-state index in [1.165, 1.54) is 0 Å². The molecule has 0 atom stereocenters. The number of hydrogen-bond donors (Lipinski definition) is 1. The van der Waals surface area contributed by atoms with Crippen LogP contribution in [0.4, 0.5) is 0 Å². The van der Waals surface area contributed by atoms with Crippen molar-refractivity contribution in [2.45, 2.75) is 13.5 Å². The van der Waals surface area contributed by atoms with Gasteiger partial charge >= 0.3 is 0 Å². The van der Waals surface area contributed by atoms with Crippen LogP contribution in [-0.2, 0) is 6.54 Å². The second-order valence-electron chi connectivity index (χ2n) is 4.86. The number of thiophene rings is 1. The fraction of sp³-hybridized carbons (Fsp3) is 0.118. The van der Waals surface area contributed by atoms with Crippen LogP contribution < -0.4 is 5.32 Å². The largest absolute Gasteiger partial charge is 0.346 e. The molecule has 0 saturated heterocycles. The van der Waals surface area contributed by atoms with Gasteiger partial charge < -0.3 is 5.32 Å². The van der Waals surface area contributed by atoms with E-state index in [9.17, 15) is 4.79 Å². The van der Waals surface area contributed by atoms with Crippen LogP contribution in [0.15, 0.2) is 53.5 Å². The lowest BCUT2D eigenvalue weighted by molar-refractivity contribution is 0.0950. The van der Waals surface area contributed by atoms with Gasteiger partial charge in [-0.1, -0.05) is 18.2 Å². The van der Waals surface area contributed by atoms with E-state index in [2.05, 4.69) is 15.3 Å². The molecule has 1 N–H and O–H groups in total. The standard InChI is InChI=1S/C17H15N3OS/c1-12-4-2-3-5-14(12)17(21)20-10-15-16(19-8-7-18-15)13-6-9-22-11-13/h2-9,11H,10H2,1H3,(H,20,21). The summed E-state index contributed by atoms with van der Waals surface area (Å²) in [6.45, 7) is 2.28. The zero-order chi connectivity index (χ0) is 15.4. The van der Waals surface area contributed by atoms with E-state index in [0.29, 0.717) is 12.1 Å². The highest BCUT2D eigenvalue weighted by molar-refractivity contribution is 7.08. The third kappa shape index (κ3) is 3.04. The van der Waals surface area contributed by atoms with Crippen LogP contribution in [0.5, 0.6) is 0 Å². The Morgan fingerprint density at radius 3 is 2.77 bits per heavy atom. The quantitative estimate of drug-likeness (QED) is 0.803. The highest BCUT2D eigenvalue weighted by atomic mass is 32.1. The van der Waals surface area contributed by atoms with E-state index in [1.54, 1.807) is 23.7 Å². The smallest absolute Gasteiger partial charge is 0.251 e. The number of nitrogens with one attached hydrogen (secondary N) is 1. The molecule has 0 unspecified atom stereocenters. The molecule has 0 saturated carbocycles. The van der Waals surface area contributed by atoms with Gasteiger partial charge in [-0.2, -0.15) is 11.3 Å². The summed E-state index contributed by atoms with van der Waals surface area (Å²) >= 11 is 1.61. The van der Waals surface area contributed by atoms with Gasteiger partial charge in [-0.25, -0.2) is 0 Å². The Kier molecular flexibility index (Phi) is 4.25. The molecule has 22 heavy (non-hydrogen) atoms. The van der Waals surface area contributed by atoms with E-state index in [0.717, 1.165) is 22.5 Å². The Hall–Kier alpha value is -2.53. The molecule has 2 aromatic heterocycles. The number of nitrogens with zero attached hydrogens (tertiary/aromatic N) is 2. The summed E-state index contributed by atoms with van der Waals surface area (Å²) in [5.74, 6) is -0.0972. The highest BCUT2D eigenvalue weighted by Gasteiger charge is 2.11. The number of rotatable bonds is 4. The fourth-order valence-electron chi connectivity index (χ4n) is 2.22. The zero-order valence-corrected chi connectivity index (χ0v) is 12.9. The van der Waals surface area contributed by atoms with Crippen molar-refractivity contribution in [2.24, 2.45) is 0 Å². The first-order chi connectivity index (χ1) is 10.8. The fourth-order valence-corrected chi connectivity index (χ4v) is 2.86. The van der Waals surface area contributed by atoms with Crippen LogP contribution in [0.25, 0.3) is 11.3 Å². The van der Waals surface area contributed by atoms with Gasteiger partial charge in [0.25, 0.3) is 5.91 Å². The van der Waals surface area contributed by atoms with Crippen LogP contribution in [0, 0.1) is 6.92 Å². The molecule has 1 aromatic carbocycles. The van der Waals surface area contributed by atoms with Crippen molar-refractivity contribution in [3.8, 4) is 11.3 Å². The molecule has 3 aromatic rings. The first kappa shape index (κ1) is 14.4. The molecular weight excluding hydrogens is 294 g/mol. The van der Waals surface area contributed by atoms with Crippen LogP contribution in [0.3, 0.4) is 0 Å². The van der Waals surface area contributed by atoms with Crippen LogP contribution in [0.1, 0.15) is 21.6 Å². The summed E-state index contributed by atoms with van der Waals surface area (Å²) in [7, 11) is 0. The van der Waals surface area contributed by atoms with Crippen LogP contribution >= 0.6 is 11.3 Å². The van der Waals surface area contributed by atoms with Crippen molar-refractivity contribution >= 4 is 17.2 Å². The Labute approximate surface area is 132 Å². The van der Waals surface area contributed by atoms with E-state index in [4.69, 9.17) is 0 Å². The molecule has 0 radical (unpaired) electrons. The molecule has 3 rings (SSSR count). The molecule has 4 nitrogen and oxygen atoms in total. The number of carbonyl (C=O) groups is 1. The van der Waals surface area contributed by atoms with E-state index < -0.39 is 0 Å². The maximum Gasteiger partial charge on any atom is 0.251 e. The van der Waals surface area contributed by atoms with Crippen LogP contribution in [0.2, 0.25) is 0 Å². The summed E-state index contributed by atoms with van der Waals surface area (Å²) in [4.78, 5) is 21.0. The lowest BCUT2D eigenvalue weighted by atomic mass is 10.1. The van der Waals surface area contributed by atoms with Gasteiger partial charge in [0.05, 0.1) is 17.9 Å². The third-order valence-corrected chi connectivity index (χ3v) is 4.06. The first-order valence-electron chi connectivity index (χ1n) is 6.92. The van der Waals surface area contributed by atoms with Gasteiger partial charge in [-0.15, -0.1) is 0 Å². The minimum atomic E-state index is -0.0972. The van der Waals surface area contributed by atoms with Crippen molar-refractivity contribution in [2.75, 3.05) is 0 Å². The van der Waals surface area contributed by atoms with E-state index in [1.807, 2.05) is 48.0 Å². The SMILES string of the molecule is Cc1ccccc1C(=O)NCc1nccnc1-c1ccsc1. The maximum atomic E-state index is 12.3. The molecule has 0 spiro atoms. The Bertz CT molecular complexity index is 784. The average molecular weight is 309 g/mol. The summed E-state index contributed by atoms with van der Waals surface area (Å²) in [6.07, 6.45) is 3.31. The molecule has 1 amide bonds. The molecule has 2 heterocycles. The molecular formula is C17H15N3OS. The second kappa shape index (κ2) is 6.49. The number of benzene rings is 1. The van der Waals surface area contributed by atoms with Crippen molar-refractivity contribution in [3.63, 3.8) is 0 Å². The van der Waals surface area contributed by atoms with E-state index >= 15 is 0 Å². The molecule has 110 valence electrons. The second-order valence-corrected chi connectivity index (χ2v) is 5.64. The van der Waals surface area contributed by atoms with Gasteiger partial charge in [0.15, 0.2) is 0 Å². The first-order valence-corrected chi connectivity index (χ1v) is 7.86. The Morgan fingerprint density at radius 2 is 2.00 bits per heavy atom. The van der Waals surface area contributed by atoms with Crippen LogP contribution in [-0.4, -0.2) is 15.9 Å². The number of amides is 1. The minimum absolute atomic E-state index is 0.0972. The van der Waals surface area contributed by atoms with Gasteiger partial charge in [0.2, 0.25) is 0 Å². The van der Waals surface area contributed by atoms with Crippen molar-refractivity contribution in [1.82, 2.24) is 15.3 Å². The number of carbonyl (C=O) groups excluding carboxylic acids is 1. The average Bonchev–Trinajstić information content (AvgIpc) is 3.07. The summed E-state index contributed by atoms with van der Waals surface area (Å²) in [5, 5.41) is 6.94. The molecule has 0 fully saturated rings. The maximum absolute atomic E-state index is 12.3. The van der Waals surface area contributed by atoms with E-state index in [-0.39, 0.29) is 5.91 Å². The monoisotopic (exact) mass is 309 g/mol. The molecule has 5 heteroatoms. The van der Waals surface area contributed by atoms with Gasteiger partial charge in [0.1, 0.15) is 0 Å². The zero-order valence-electron chi connectivity index (χ0n) is 12.1. The lowest BCUT2D eigenvalue weighted by Gasteiger charge is -2.09. The number of hydrogen-bond acceptors (Lipinski definition) is 4. The Morgan fingerprint density at radius 1 is 1.18 bits per heavy atom. The predicted octanol–water partition coefficient (Wildman–Crippen LogP) is 3.44. The topological polar surface area (TPSA) is 54.9 Å². The third-order valence-electron chi connectivity index (χ3n) is 3.37. The summed E-state index contributed by atoms with van der Waals surface area (Å²) in [5.41, 5.74) is 4.25. The molecule has 0 bridgehead atoms. The molecule has 0 aliphatic carbocycles.